The van der Waals surface area contributed by atoms with Crippen LogP contribution in [0.25, 0.3) is 0 Å². The Labute approximate surface area is 233 Å². The molecule has 1 heterocycles. The minimum atomic E-state index is -1.26. The van der Waals surface area contributed by atoms with Crippen molar-refractivity contribution >= 4 is 43.7 Å². The summed E-state index contributed by atoms with van der Waals surface area (Å²) in [5, 5.41) is 11.9. The third-order valence-electron chi connectivity index (χ3n) is 6.01. The number of ether oxygens (including phenoxy) is 2. The number of nitrogens with zero attached hydrogens (tertiary/aromatic N) is 1. The van der Waals surface area contributed by atoms with Gasteiger partial charge in [0, 0.05) is 46.1 Å². The Balaban J connectivity index is 1.78. The number of carbonyl (C=O) groups excluding carboxylic acids is 1. The van der Waals surface area contributed by atoms with E-state index in [9.17, 15) is 4.79 Å². The van der Waals surface area contributed by atoms with Gasteiger partial charge in [-0.25, -0.2) is 4.99 Å². The van der Waals surface area contributed by atoms with E-state index in [1.165, 1.54) is 0 Å². The van der Waals surface area contributed by atoms with Gasteiger partial charge in [0.05, 0.1) is 6.61 Å². The van der Waals surface area contributed by atoms with Crippen molar-refractivity contribution in [3.8, 4) is 5.75 Å². The van der Waals surface area contributed by atoms with Gasteiger partial charge in [-0.2, -0.15) is 0 Å². The van der Waals surface area contributed by atoms with E-state index in [1.54, 1.807) is 6.08 Å². The lowest BCUT2D eigenvalue weighted by atomic mass is 9.82. The second-order valence-corrected chi connectivity index (χ2v) is 10.4. The summed E-state index contributed by atoms with van der Waals surface area (Å²) in [6.07, 6.45) is 1.87. The molecule has 0 spiro atoms. The van der Waals surface area contributed by atoms with Crippen LogP contribution in [-0.4, -0.2) is 42.2 Å². The lowest BCUT2D eigenvalue weighted by Crippen LogP contribution is -2.50. The maximum atomic E-state index is 13.9. The molecule has 6 nitrogen and oxygen atoms in total. The molecule has 0 radical (unpaired) electrons. The first-order chi connectivity index (χ1) is 18.0. The summed E-state index contributed by atoms with van der Waals surface area (Å²) in [5.74, 6) is 0.826. The first-order valence-corrected chi connectivity index (χ1v) is 13.5. The highest BCUT2D eigenvalue weighted by atomic mass is 79.9. The first-order valence-electron chi connectivity index (χ1n) is 12.0. The number of aliphatic hydroxyl groups is 1. The van der Waals surface area contributed by atoms with Gasteiger partial charge in [0.1, 0.15) is 5.75 Å². The minimum absolute atomic E-state index is 0.0769. The number of halogens is 2. The number of carbonyl (C=O) groups is 1. The molecular formula is C29H28Br2N2O4. The lowest BCUT2D eigenvalue weighted by Gasteiger charge is -2.31. The van der Waals surface area contributed by atoms with E-state index in [-0.39, 0.29) is 12.5 Å². The molecule has 4 rings (SSSR count). The van der Waals surface area contributed by atoms with Gasteiger partial charge in [0.2, 0.25) is 5.90 Å². The smallest absolute Gasteiger partial charge is 0.252 e. The number of amides is 1. The van der Waals surface area contributed by atoms with Gasteiger partial charge in [-0.15, -0.1) is 6.58 Å². The van der Waals surface area contributed by atoms with Gasteiger partial charge >= 0.3 is 0 Å². The van der Waals surface area contributed by atoms with Gasteiger partial charge < -0.3 is 19.9 Å². The Bertz CT molecular complexity index is 1260. The van der Waals surface area contributed by atoms with Crippen LogP contribution in [-0.2, 0) is 16.0 Å². The number of aliphatic imine (C=N–C) groups is 1. The van der Waals surface area contributed by atoms with Crippen LogP contribution < -0.4 is 10.1 Å². The fraction of sp³-hybridized carbons (Fsp3) is 0.241. The highest BCUT2D eigenvalue weighted by molar-refractivity contribution is 9.10. The van der Waals surface area contributed by atoms with Crippen molar-refractivity contribution in [1.82, 2.24) is 5.32 Å². The van der Waals surface area contributed by atoms with E-state index >= 15 is 0 Å². The van der Waals surface area contributed by atoms with Crippen LogP contribution in [0.2, 0.25) is 0 Å². The van der Waals surface area contributed by atoms with Gasteiger partial charge in [-0.05, 0) is 48.0 Å². The topological polar surface area (TPSA) is 80.2 Å². The SMILES string of the molecule is C=CCNC(=O)[C@]1(Cc2ccc(Br)cc2)N=C(c2ccc(OCCCO)cc2)O[C@@H]1c1ccccc1Br. The maximum Gasteiger partial charge on any atom is 0.252 e. The first kappa shape index (κ1) is 27.1. The zero-order chi connectivity index (χ0) is 26.3. The molecule has 2 atom stereocenters. The Morgan fingerprint density at radius 1 is 1.11 bits per heavy atom. The number of rotatable bonds is 11. The number of nitrogens with one attached hydrogen (secondary N) is 1. The third-order valence-corrected chi connectivity index (χ3v) is 7.26. The fourth-order valence-corrected chi connectivity index (χ4v) is 4.94. The maximum absolute atomic E-state index is 13.9. The van der Waals surface area contributed by atoms with Crippen LogP contribution in [0, 0.1) is 0 Å². The molecule has 0 saturated carbocycles. The van der Waals surface area contributed by atoms with E-state index in [1.807, 2.05) is 72.8 Å². The molecule has 37 heavy (non-hydrogen) atoms. The predicted molar refractivity (Wildman–Crippen MR) is 152 cm³/mol. The van der Waals surface area contributed by atoms with Crippen molar-refractivity contribution in [3.63, 3.8) is 0 Å². The molecule has 192 valence electrons. The number of hydrogen-bond donors (Lipinski definition) is 2. The Morgan fingerprint density at radius 3 is 2.51 bits per heavy atom. The molecule has 0 aromatic heterocycles. The van der Waals surface area contributed by atoms with Crippen molar-refractivity contribution in [1.29, 1.82) is 0 Å². The zero-order valence-electron chi connectivity index (χ0n) is 20.2. The second kappa shape index (κ2) is 12.5. The summed E-state index contributed by atoms with van der Waals surface area (Å²) in [7, 11) is 0. The quantitative estimate of drug-likeness (QED) is 0.209. The molecule has 0 bridgehead atoms. The highest BCUT2D eigenvalue weighted by Gasteiger charge is 2.53. The molecule has 1 aliphatic heterocycles. The summed E-state index contributed by atoms with van der Waals surface area (Å²) in [5.41, 5.74) is 1.26. The van der Waals surface area contributed by atoms with Crippen LogP contribution in [0.3, 0.4) is 0 Å². The van der Waals surface area contributed by atoms with E-state index in [0.717, 1.165) is 25.6 Å². The van der Waals surface area contributed by atoms with Crippen molar-refractivity contribution < 1.29 is 19.4 Å². The van der Waals surface area contributed by atoms with Gasteiger partial charge in [0.25, 0.3) is 5.91 Å². The number of hydrogen-bond acceptors (Lipinski definition) is 5. The molecule has 0 aliphatic carbocycles. The minimum Gasteiger partial charge on any atom is -0.494 e. The molecular weight excluding hydrogens is 600 g/mol. The van der Waals surface area contributed by atoms with Crippen LogP contribution in [0.5, 0.6) is 5.75 Å². The fourth-order valence-electron chi connectivity index (χ4n) is 4.18. The van der Waals surface area contributed by atoms with E-state index in [4.69, 9.17) is 19.6 Å². The average molecular weight is 628 g/mol. The van der Waals surface area contributed by atoms with E-state index in [0.29, 0.717) is 37.6 Å². The third kappa shape index (κ3) is 6.32. The van der Waals surface area contributed by atoms with Crippen molar-refractivity contribution in [2.75, 3.05) is 19.8 Å². The van der Waals surface area contributed by atoms with E-state index in [2.05, 4.69) is 43.8 Å². The molecule has 8 heteroatoms. The Morgan fingerprint density at radius 2 is 1.84 bits per heavy atom. The standard InChI is InChI=1S/C29H28Br2N2O4/c1-2-16-32-28(35)29(19-20-8-12-22(30)13-9-20)26(24-6-3-4-7-25(24)31)37-27(33-29)21-10-14-23(15-11-21)36-18-5-17-34/h2-4,6-15,26,34H,1,5,16-19H2,(H,32,35)/t26-,29-/m1/s1. The molecule has 3 aromatic carbocycles. The molecule has 0 fully saturated rings. The highest BCUT2D eigenvalue weighted by Crippen LogP contribution is 2.44. The average Bonchev–Trinajstić information content (AvgIpc) is 3.29. The summed E-state index contributed by atoms with van der Waals surface area (Å²) in [6, 6.07) is 23.0. The largest absolute Gasteiger partial charge is 0.494 e. The van der Waals surface area contributed by atoms with Crippen LogP contribution in [0.4, 0.5) is 0 Å². The number of benzene rings is 3. The van der Waals surface area contributed by atoms with E-state index < -0.39 is 11.6 Å². The monoisotopic (exact) mass is 626 g/mol. The van der Waals surface area contributed by atoms with Crippen molar-refractivity contribution in [2.45, 2.75) is 24.5 Å². The van der Waals surface area contributed by atoms with Crippen LogP contribution >= 0.6 is 31.9 Å². The lowest BCUT2D eigenvalue weighted by molar-refractivity contribution is -0.128. The normalized spacial score (nSPS) is 18.6. The van der Waals surface area contributed by atoms with Crippen LogP contribution in [0.1, 0.15) is 29.2 Å². The number of aliphatic hydroxyl groups excluding tert-OH is 1. The summed E-state index contributed by atoms with van der Waals surface area (Å²) in [4.78, 5) is 18.9. The Hall–Kier alpha value is -2.94. The second-order valence-electron chi connectivity index (χ2n) is 8.61. The summed E-state index contributed by atoms with van der Waals surface area (Å²) >= 11 is 7.14. The summed E-state index contributed by atoms with van der Waals surface area (Å²) in [6.45, 7) is 4.56. The molecule has 0 unspecified atom stereocenters. The van der Waals surface area contributed by atoms with Gasteiger partial charge in [-0.1, -0.05) is 68.3 Å². The molecule has 3 aromatic rings. The van der Waals surface area contributed by atoms with Crippen molar-refractivity contribution in [2.24, 2.45) is 4.99 Å². The molecule has 0 saturated heterocycles. The predicted octanol–water partition coefficient (Wildman–Crippen LogP) is 5.77. The van der Waals surface area contributed by atoms with Gasteiger partial charge in [-0.3, -0.25) is 4.79 Å². The summed E-state index contributed by atoms with van der Waals surface area (Å²) < 4.78 is 14.0. The van der Waals surface area contributed by atoms with Crippen molar-refractivity contribution in [3.05, 3.63) is 111 Å². The zero-order valence-corrected chi connectivity index (χ0v) is 23.4. The molecule has 1 aliphatic rings. The molecule has 1 amide bonds. The van der Waals surface area contributed by atoms with Gasteiger partial charge in [0.15, 0.2) is 11.6 Å². The molecule has 2 N–H and O–H groups in total. The van der Waals surface area contributed by atoms with Crippen LogP contribution in [0.15, 0.2) is 99.4 Å². The Kier molecular flexibility index (Phi) is 9.18.